The van der Waals surface area contributed by atoms with Crippen LogP contribution in [0.25, 0.3) is 6.08 Å². The predicted molar refractivity (Wildman–Crippen MR) is 76.3 cm³/mol. The van der Waals surface area contributed by atoms with Gasteiger partial charge < -0.3 is 4.74 Å². The summed E-state index contributed by atoms with van der Waals surface area (Å²) in [6, 6.07) is 8.27. The SMILES string of the molecule is O=S1(=O)C(COc2cccnc2)=Cc2c(Cl)cccc21. The second-order valence-electron chi connectivity index (χ2n) is 4.24. The van der Waals surface area contributed by atoms with E-state index < -0.39 is 9.84 Å². The summed E-state index contributed by atoms with van der Waals surface area (Å²) in [5.41, 5.74) is 0.527. The van der Waals surface area contributed by atoms with Crippen molar-refractivity contribution in [2.24, 2.45) is 0 Å². The fourth-order valence-electron chi connectivity index (χ4n) is 1.98. The first-order valence-electron chi connectivity index (χ1n) is 5.86. The minimum Gasteiger partial charge on any atom is -0.487 e. The first-order valence-corrected chi connectivity index (χ1v) is 7.72. The largest absolute Gasteiger partial charge is 0.487 e. The van der Waals surface area contributed by atoms with Crippen molar-refractivity contribution in [1.29, 1.82) is 0 Å². The maximum absolute atomic E-state index is 12.3. The fourth-order valence-corrected chi connectivity index (χ4v) is 3.75. The summed E-state index contributed by atoms with van der Waals surface area (Å²) >= 11 is 6.02. The van der Waals surface area contributed by atoms with Gasteiger partial charge >= 0.3 is 0 Å². The summed E-state index contributed by atoms with van der Waals surface area (Å²) in [5.74, 6) is 0.519. The standard InChI is InChI=1S/C14H10ClNO3S/c15-13-4-1-5-14-12(13)7-11(20(14,17)18)9-19-10-3-2-6-16-8-10/h1-8H,9H2. The molecule has 0 atom stereocenters. The van der Waals surface area contributed by atoms with Crippen molar-refractivity contribution in [3.05, 3.63) is 58.2 Å². The summed E-state index contributed by atoms with van der Waals surface area (Å²) in [6.45, 7) is -0.0426. The number of hydrogen-bond acceptors (Lipinski definition) is 4. The van der Waals surface area contributed by atoms with Crippen molar-refractivity contribution < 1.29 is 13.2 Å². The molecule has 1 aromatic heterocycles. The number of rotatable bonds is 3. The lowest BCUT2D eigenvalue weighted by molar-refractivity contribution is 0.357. The second-order valence-corrected chi connectivity index (χ2v) is 6.62. The molecular formula is C14H10ClNO3S. The van der Waals surface area contributed by atoms with Crippen LogP contribution in [0.1, 0.15) is 5.56 Å². The number of hydrogen-bond donors (Lipinski definition) is 0. The van der Waals surface area contributed by atoms with Crippen LogP contribution in [0.4, 0.5) is 0 Å². The minimum absolute atomic E-state index is 0.0426. The minimum atomic E-state index is -3.51. The maximum Gasteiger partial charge on any atom is 0.206 e. The molecule has 0 unspecified atom stereocenters. The molecule has 6 heteroatoms. The Morgan fingerprint density at radius 3 is 2.75 bits per heavy atom. The third-order valence-corrected chi connectivity index (χ3v) is 5.16. The van der Waals surface area contributed by atoms with Crippen LogP contribution >= 0.6 is 11.6 Å². The van der Waals surface area contributed by atoms with Crippen molar-refractivity contribution in [2.45, 2.75) is 4.90 Å². The molecule has 1 aliphatic heterocycles. The molecule has 0 bridgehead atoms. The number of ether oxygens (including phenoxy) is 1. The molecule has 0 spiro atoms. The van der Waals surface area contributed by atoms with E-state index in [0.29, 0.717) is 16.3 Å². The Balaban J connectivity index is 1.89. The van der Waals surface area contributed by atoms with Gasteiger partial charge in [-0.25, -0.2) is 8.42 Å². The normalized spacial score (nSPS) is 15.6. The van der Waals surface area contributed by atoms with E-state index in [4.69, 9.17) is 16.3 Å². The van der Waals surface area contributed by atoms with E-state index in [0.717, 1.165) is 0 Å². The fraction of sp³-hybridized carbons (Fsp3) is 0.0714. The smallest absolute Gasteiger partial charge is 0.206 e. The lowest BCUT2D eigenvalue weighted by atomic mass is 10.2. The molecular weight excluding hydrogens is 298 g/mol. The molecule has 4 nitrogen and oxygen atoms in total. The quantitative estimate of drug-likeness (QED) is 0.875. The van der Waals surface area contributed by atoms with Gasteiger partial charge in [0.2, 0.25) is 9.84 Å². The molecule has 0 fully saturated rings. The van der Waals surface area contributed by atoms with E-state index in [9.17, 15) is 8.42 Å². The molecule has 0 radical (unpaired) electrons. The zero-order valence-corrected chi connectivity index (χ0v) is 11.9. The highest BCUT2D eigenvalue weighted by atomic mass is 35.5. The zero-order valence-electron chi connectivity index (χ0n) is 10.3. The highest BCUT2D eigenvalue weighted by molar-refractivity contribution is 7.95. The number of aromatic nitrogens is 1. The average Bonchev–Trinajstić information content (AvgIpc) is 2.71. The van der Waals surface area contributed by atoms with Crippen LogP contribution in [0, 0.1) is 0 Å². The van der Waals surface area contributed by atoms with E-state index in [-0.39, 0.29) is 16.4 Å². The van der Waals surface area contributed by atoms with Gasteiger partial charge in [0.25, 0.3) is 0 Å². The van der Waals surface area contributed by atoms with Gasteiger partial charge in [0.15, 0.2) is 0 Å². The van der Waals surface area contributed by atoms with E-state index in [1.165, 1.54) is 6.20 Å². The topological polar surface area (TPSA) is 56.3 Å². The van der Waals surface area contributed by atoms with Crippen molar-refractivity contribution in [1.82, 2.24) is 4.98 Å². The Bertz CT molecular complexity index is 785. The van der Waals surface area contributed by atoms with Crippen LogP contribution in [0.2, 0.25) is 5.02 Å². The van der Waals surface area contributed by atoms with Crippen molar-refractivity contribution in [3.63, 3.8) is 0 Å². The summed E-state index contributed by atoms with van der Waals surface area (Å²) in [4.78, 5) is 4.33. The van der Waals surface area contributed by atoms with E-state index >= 15 is 0 Å². The maximum atomic E-state index is 12.3. The lowest BCUT2D eigenvalue weighted by Gasteiger charge is -2.06. The van der Waals surface area contributed by atoms with Crippen LogP contribution in [0.15, 0.2) is 52.5 Å². The second kappa shape index (κ2) is 4.92. The van der Waals surface area contributed by atoms with Gasteiger partial charge in [0.1, 0.15) is 12.4 Å². The Morgan fingerprint density at radius 2 is 2.05 bits per heavy atom. The number of pyridine rings is 1. The van der Waals surface area contributed by atoms with Gasteiger partial charge in [-0.15, -0.1) is 0 Å². The van der Waals surface area contributed by atoms with Gasteiger partial charge in [-0.05, 0) is 30.3 Å². The monoisotopic (exact) mass is 307 g/mol. The molecule has 0 saturated heterocycles. The molecule has 0 aliphatic carbocycles. The Morgan fingerprint density at radius 1 is 1.20 bits per heavy atom. The van der Waals surface area contributed by atoms with E-state index in [2.05, 4.69) is 4.98 Å². The molecule has 2 aromatic rings. The van der Waals surface area contributed by atoms with Gasteiger partial charge in [-0.2, -0.15) is 0 Å². The van der Waals surface area contributed by atoms with E-state index in [1.54, 1.807) is 42.6 Å². The molecule has 3 rings (SSSR count). The highest BCUT2D eigenvalue weighted by Gasteiger charge is 2.31. The van der Waals surface area contributed by atoms with Gasteiger partial charge in [-0.1, -0.05) is 17.7 Å². The molecule has 0 amide bonds. The zero-order chi connectivity index (χ0) is 14.2. The summed E-state index contributed by atoms with van der Waals surface area (Å²) in [5, 5.41) is 0.419. The number of nitrogens with zero attached hydrogens (tertiary/aromatic N) is 1. The van der Waals surface area contributed by atoms with Crippen LogP contribution in [-0.4, -0.2) is 20.0 Å². The van der Waals surface area contributed by atoms with Crippen LogP contribution < -0.4 is 4.74 Å². The van der Waals surface area contributed by atoms with Crippen LogP contribution in [0.3, 0.4) is 0 Å². The van der Waals surface area contributed by atoms with Gasteiger partial charge in [0, 0.05) is 16.8 Å². The van der Waals surface area contributed by atoms with E-state index in [1.807, 2.05) is 0 Å². The number of fused-ring (bicyclic) bond motifs is 1. The molecule has 1 aliphatic rings. The average molecular weight is 308 g/mol. The predicted octanol–water partition coefficient (Wildman–Crippen LogP) is 2.94. The van der Waals surface area contributed by atoms with Crippen molar-refractivity contribution in [3.8, 4) is 5.75 Å². The third kappa shape index (κ3) is 2.19. The Hall–Kier alpha value is -1.85. The lowest BCUT2D eigenvalue weighted by Crippen LogP contribution is -2.09. The van der Waals surface area contributed by atoms with Crippen LogP contribution in [0.5, 0.6) is 5.75 Å². The summed E-state index contributed by atoms with van der Waals surface area (Å²) in [6.07, 6.45) is 4.71. The molecule has 0 saturated carbocycles. The molecule has 2 heterocycles. The van der Waals surface area contributed by atoms with Gasteiger partial charge in [-0.3, -0.25) is 4.98 Å². The first kappa shape index (κ1) is 13.1. The van der Waals surface area contributed by atoms with Gasteiger partial charge in [0.05, 0.1) is 16.0 Å². The number of halogens is 1. The third-order valence-electron chi connectivity index (χ3n) is 2.97. The summed E-state index contributed by atoms with van der Waals surface area (Å²) in [7, 11) is -3.51. The Labute approximate surface area is 121 Å². The summed E-state index contributed by atoms with van der Waals surface area (Å²) < 4.78 is 30.1. The molecule has 1 aromatic carbocycles. The van der Waals surface area contributed by atoms with Crippen molar-refractivity contribution >= 4 is 27.5 Å². The number of benzene rings is 1. The molecule has 102 valence electrons. The first-order chi connectivity index (χ1) is 9.59. The molecule has 20 heavy (non-hydrogen) atoms. The van der Waals surface area contributed by atoms with Crippen LogP contribution in [-0.2, 0) is 9.84 Å². The number of sulfone groups is 1. The van der Waals surface area contributed by atoms with Crippen molar-refractivity contribution in [2.75, 3.05) is 6.61 Å². The Kier molecular flexibility index (Phi) is 3.23. The highest BCUT2D eigenvalue weighted by Crippen LogP contribution is 2.36. The molecule has 0 N–H and O–H groups in total.